The maximum absolute atomic E-state index is 12.9. The molecular weight excluding hydrogens is 304 g/mol. The largest absolute Gasteiger partial charge is 0.497 e. The highest BCUT2D eigenvalue weighted by Gasteiger charge is 2.26. The Morgan fingerprint density at radius 2 is 2.21 bits per heavy atom. The molecule has 1 fully saturated rings. The van der Waals surface area contributed by atoms with Crippen LogP contribution in [0.1, 0.15) is 23.2 Å². The number of aromatic nitrogens is 2. The molecule has 128 valence electrons. The third-order valence-corrected chi connectivity index (χ3v) is 4.55. The molecule has 2 aromatic rings. The van der Waals surface area contributed by atoms with Crippen molar-refractivity contribution in [3.63, 3.8) is 0 Å². The maximum atomic E-state index is 12.9. The van der Waals surface area contributed by atoms with Crippen molar-refractivity contribution in [1.29, 1.82) is 0 Å². The summed E-state index contributed by atoms with van der Waals surface area (Å²) in [5.74, 6) is 1.36. The van der Waals surface area contributed by atoms with Gasteiger partial charge in [0.15, 0.2) is 0 Å². The molecule has 6 heteroatoms. The van der Waals surface area contributed by atoms with Gasteiger partial charge in [-0.15, -0.1) is 0 Å². The summed E-state index contributed by atoms with van der Waals surface area (Å²) in [7, 11) is 3.59. The van der Waals surface area contributed by atoms with E-state index in [0.29, 0.717) is 11.5 Å². The molecule has 0 aliphatic carbocycles. The Bertz CT molecular complexity index is 679. The maximum Gasteiger partial charge on any atom is 0.257 e. The fraction of sp³-hybridized carbons (Fsp3) is 0.444. The number of piperidine rings is 1. The molecule has 1 aromatic carbocycles. The molecule has 1 saturated heterocycles. The van der Waals surface area contributed by atoms with E-state index in [9.17, 15) is 4.79 Å². The predicted molar refractivity (Wildman–Crippen MR) is 93.1 cm³/mol. The molecular formula is C18H24N4O2. The minimum Gasteiger partial charge on any atom is -0.497 e. The molecule has 6 nitrogen and oxygen atoms in total. The number of aromatic amines is 1. The summed E-state index contributed by atoms with van der Waals surface area (Å²) >= 11 is 0. The minimum absolute atomic E-state index is 0.0513. The Morgan fingerprint density at radius 1 is 1.42 bits per heavy atom. The van der Waals surface area contributed by atoms with Crippen molar-refractivity contribution < 1.29 is 9.53 Å². The summed E-state index contributed by atoms with van der Waals surface area (Å²) in [5.41, 5.74) is 2.32. The third kappa shape index (κ3) is 3.43. The van der Waals surface area contributed by atoms with Gasteiger partial charge in [-0.05, 0) is 56.6 Å². The van der Waals surface area contributed by atoms with Crippen molar-refractivity contribution in [3.05, 3.63) is 36.0 Å². The monoisotopic (exact) mass is 328 g/mol. The van der Waals surface area contributed by atoms with E-state index in [2.05, 4.69) is 15.5 Å². The molecule has 2 heterocycles. The molecule has 0 spiro atoms. The van der Waals surface area contributed by atoms with Gasteiger partial charge in [-0.1, -0.05) is 0 Å². The lowest BCUT2D eigenvalue weighted by atomic mass is 9.97. The number of hydrogen-bond donors (Lipinski definition) is 2. The van der Waals surface area contributed by atoms with Gasteiger partial charge in [0.2, 0.25) is 0 Å². The third-order valence-electron chi connectivity index (χ3n) is 4.55. The van der Waals surface area contributed by atoms with Gasteiger partial charge >= 0.3 is 0 Å². The summed E-state index contributed by atoms with van der Waals surface area (Å²) < 4.78 is 5.19. The highest BCUT2D eigenvalue weighted by atomic mass is 16.5. The van der Waals surface area contributed by atoms with Gasteiger partial charge < -0.3 is 15.0 Å². The van der Waals surface area contributed by atoms with E-state index in [1.54, 1.807) is 13.3 Å². The molecule has 1 aliphatic rings. The average Bonchev–Trinajstić information content (AvgIpc) is 3.11. The van der Waals surface area contributed by atoms with Crippen LogP contribution in [-0.4, -0.2) is 54.8 Å². The second-order valence-electron chi connectivity index (χ2n) is 6.20. The lowest BCUT2D eigenvalue weighted by Gasteiger charge is -2.32. The Labute approximate surface area is 142 Å². The number of likely N-dealkylation sites (tertiary alicyclic amines) is 1. The predicted octanol–water partition coefficient (Wildman–Crippen LogP) is 2.16. The van der Waals surface area contributed by atoms with Gasteiger partial charge in [-0.3, -0.25) is 9.89 Å². The van der Waals surface area contributed by atoms with Gasteiger partial charge in [0.25, 0.3) is 5.91 Å². The van der Waals surface area contributed by atoms with E-state index < -0.39 is 0 Å². The van der Waals surface area contributed by atoms with Crippen LogP contribution in [0, 0.1) is 5.92 Å². The standard InChI is InChI=1S/C18H24N4O2/c1-19-10-13-4-3-9-22(12-13)18(23)16-11-20-21-17(16)14-5-7-15(24-2)8-6-14/h5-8,11,13,19H,3-4,9-10,12H2,1-2H3,(H,20,21). The zero-order valence-electron chi connectivity index (χ0n) is 14.2. The highest BCUT2D eigenvalue weighted by molar-refractivity contribution is 5.99. The van der Waals surface area contributed by atoms with Crippen LogP contribution in [0.25, 0.3) is 11.3 Å². The summed E-state index contributed by atoms with van der Waals surface area (Å²) in [6.07, 6.45) is 3.85. The van der Waals surface area contributed by atoms with Gasteiger partial charge in [-0.2, -0.15) is 5.10 Å². The number of carbonyl (C=O) groups is 1. The van der Waals surface area contributed by atoms with Crippen LogP contribution in [0.4, 0.5) is 0 Å². The Hall–Kier alpha value is -2.34. The zero-order valence-corrected chi connectivity index (χ0v) is 14.2. The van der Waals surface area contributed by atoms with Crippen molar-refractivity contribution in [2.24, 2.45) is 5.92 Å². The topological polar surface area (TPSA) is 70.2 Å². The minimum atomic E-state index is 0.0513. The number of methoxy groups -OCH3 is 1. The van der Waals surface area contributed by atoms with Crippen LogP contribution in [0.5, 0.6) is 5.75 Å². The lowest BCUT2D eigenvalue weighted by molar-refractivity contribution is 0.0675. The molecule has 1 aliphatic heterocycles. The van der Waals surface area contributed by atoms with E-state index in [4.69, 9.17) is 4.74 Å². The summed E-state index contributed by atoms with van der Waals surface area (Å²) in [6, 6.07) is 7.63. The Kier molecular flexibility index (Phi) is 5.15. The molecule has 1 aromatic heterocycles. The van der Waals surface area contributed by atoms with Crippen molar-refractivity contribution in [2.45, 2.75) is 12.8 Å². The van der Waals surface area contributed by atoms with E-state index in [0.717, 1.165) is 43.1 Å². The highest BCUT2D eigenvalue weighted by Crippen LogP contribution is 2.26. The number of nitrogens with zero attached hydrogens (tertiary/aromatic N) is 2. The summed E-state index contributed by atoms with van der Waals surface area (Å²) in [6.45, 7) is 2.56. The van der Waals surface area contributed by atoms with Crippen LogP contribution in [0.15, 0.2) is 30.5 Å². The second-order valence-corrected chi connectivity index (χ2v) is 6.20. The van der Waals surface area contributed by atoms with E-state index in [-0.39, 0.29) is 5.91 Å². The van der Waals surface area contributed by atoms with Gasteiger partial charge in [0, 0.05) is 18.7 Å². The molecule has 24 heavy (non-hydrogen) atoms. The van der Waals surface area contributed by atoms with Crippen LogP contribution in [0.3, 0.4) is 0 Å². The molecule has 2 N–H and O–H groups in total. The first-order chi connectivity index (χ1) is 11.7. The number of amides is 1. The quantitative estimate of drug-likeness (QED) is 0.882. The summed E-state index contributed by atoms with van der Waals surface area (Å²) in [5, 5.41) is 10.3. The molecule has 3 rings (SSSR count). The normalized spacial score (nSPS) is 17.8. The molecule has 0 bridgehead atoms. The number of nitrogens with one attached hydrogen (secondary N) is 2. The van der Waals surface area contributed by atoms with Crippen LogP contribution < -0.4 is 10.1 Å². The van der Waals surface area contributed by atoms with Crippen molar-refractivity contribution in [3.8, 4) is 17.0 Å². The number of benzene rings is 1. The van der Waals surface area contributed by atoms with Crippen molar-refractivity contribution in [1.82, 2.24) is 20.4 Å². The first-order valence-electron chi connectivity index (χ1n) is 8.34. The first-order valence-corrected chi connectivity index (χ1v) is 8.34. The smallest absolute Gasteiger partial charge is 0.257 e. The second kappa shape index (κ2) is 7.49. The molecule has 1 unspecified atom stereocenters. The SMILES string of the molecule is CNCC1CCCN(C(=O)c2cn[nH]c2-c2ccc(OC)cc2)C1. The number of carbonyl (C=O) groups excluding carboxylic acids is 1. The van der Waals surface area contributed by atoms with Crippen LogP contribution in [-0.2, 0) is 0 Å². The average molecular weight is 328 g/mol. The lowest BCUT2D eigenvalue weighted by Crippen LogP contribution is -2.42. The van der Waals surface area contributed by atoms with Gasteiger partial charge in [0.1, 0.15) is 5.75 Å². The Balaban J connectivity index is 1.79. The Morgan fingerprint density at radius 3 is 2.92 bits per heavy atom. The molecule has 0 saturated carbocycles. The van der Waals surface area contributed by atoms with Gasteiger partial charge in [0.05, 0.1) is 24.6 Å². The number of ether oxygens (including phenoxy) is 1. The van der Waals surface area contributed by atoms with Gasteiger partial charge in [-0.25, -0.2) is 0 Å². The van der Waals surface area contributed by atoms with E-state index >= 15 is 0 Å². The van der Waals surface area contributed by atoms with Crippen molar-refractivity contribution >= 4 is 5.91 Å². The first kappa shape index (κ1) is 16.5. The van der Waals surface area contributed by atoms with Crippen LogP contribution in [0.2, 0.25) is 0 Å². The zero-order chi connectivity index (χ0) is 16.9. The number of rotatable bonds is 5. The molecule has 0 radical (unpaired) electrons. The molecule has 1 amide bonds. The fourth-order valence-electron chi connectivity index (χ4n) is 3.30. The van der Waals surface area contributed by atoms with Crippen LogP contribution >= 0.6 is 0 Å². The number of H-pyrrole nitrogens is 1. The summed E-state index contributed by atoms with van der Waals surface area (Å²) in [4.78, 5) is 14.9. The fourth-order valence-corrected chi connectivity index (χ4v) is 3.30. The van der Waals surface area contributed by atoms with E-state index in [1.807, 2.05) is 36.2 Å². The molecule has 1 atom stereocenters. The number of hydrogen-bond acceptors (Lipinski definition) is 4. The van der Waals surface area contributed by atoms with Crippen molar-refractivity contribution in [2.75, 3.05) is 33.8 Å². The van der Waals surface area contributed by atoms with E-state index in [1.165, 1.54) is 6.42 Å².